The molecule has 0 saturated carbocycles. The molecule has 3 aromatic rings. The van der Waals surface area contributed by atoms with Crippen molar-refractivity contribution in [1.82, 2.24) is 10.3 Å². The number of nitrogens with zero attached hydrogens (tertiary/aromatic N) is 2. The Kier molecular flexibility index (Phi) is 8.20. The Morgan fingerprint density at radius 3 is 2.58 bits per heavy atom. The summed E-state index contributed by atoms with van der Waals surface area (Å²) in [6.07, 6.45) is 1.20. The first-order valence-electron chi connectivity index (χ1n) is 11.3. The number of methoxy groups -OCH3 is 1. The van der Waals surface area contributed by atoms with Gasteiger partial charge in [0.15, 0.2) is 0 Å². The molecule has 6 nitrogen and oxygen atoms in total. The monoisotopic (exact) mass is 511 g/mol. The number of benzene rings is 2. The number of aliphatic hydroxyl groups excluding tert-OH is 1. The van der Waals surface area contributed by atoms with E-state index in [2.05, 4.69) is 15.3 Å². The molecule has 1 aliphatic rings. The number of carbonyl (C=O) groups is 1. The maximum atomic E-state index is 15.1. The van der Waals surface area contributed by atoms with Crippen LogP contribution in [0, 0.1) is 11.6 Å². The number of halogens is 3. The minimum atomic E-state index is -0.717. The van der Waals surface area contributed by atoms with Gasteiger partial charge in [-0.3, -0.25) is 14.8 Å². The van der Waals surface area contributed by atoms with Gasteiger partial charge in [-0.05, 0) is 42.0 Å². The highest BCUT2D eigenvalue weighted by Gasteiger charge is 2.30. The van der Waals surface area contributed by atoms with E-state index in [0.29, 0.717) is 16.8 Å². The van der Waals surface area contributed by atoms with E-state index in [1.165, 1.54) is 37.4 Å². The molecule has 0 fully saturated rings. The minimum Gasteiger partial charge on any atom is -0.394 e. The molecule has 186 valence electrons. The lowest BCUT2D eigenvalue weighted by Crippen LogP contribution is -2.47. The van der Waals surface area contributed by atoms with Gasteiger partial charge in [-0.25, -0.2) is 8.78 Å². The van der Waals surface area contributed by atoms with E-state index in [9.17, 15) is 14.3 Å². The maximum Gasteiger partial charge on any atom is 0.252 e. The summed E-state index contributed by atoms with van der Waals surface area (Å²) in [5.74, 6) is -1.63. The van der Waals surface area contributed by atoms with E-state index in [1.54, 1.807) is 30.5 Å². The Morgan fingerprint density at radius 2 is 1.92 bits per heavy atom. The first-order chi connectivity index (χ1) is 17.4. The number of allylic oxidation sites excluding steroid dienone is 1. The summed E-state index contributed by atoms with van der Waals surface area (Å²) >= 11 is 6.61. The van der Waals surface area contributed by atoms with Gasteiger partial charge in [0, 0.05) is 36.6 Å². The van der Waals surface area contributed by atoms with Crippen molar-refractivity contribution in [2.45, 2.75) is 18.6 Å². The van der Waals surface area contributed by atoms with Crippen molar-refractivity contribution in [2.75, 3.05) is 20.3 Å². The third kappa shape index (κ3) is 5.51. The van der Waals surface area contributed by atoms with Gasteiger partial charge in [-0.1, -0.05) is 35.9 Å². The third-order valence-electron chi connectivity index (χ3n) is 5.96. The van der Waals surface area contributed by atoms with E-state index in [0.717, 1.165) is 0 Å². The van der Waals surface area contributed by atoms with Crippen molar-refractivity contribution >= 4 is 28.8 Å². The Hall–Kier alpha value is -3.46. The van der Waals surface area contributed by atoms with Crippen LogP contribution in [0.1, 0.15) is 27.2 Å². The van der Waals surface area contributed by atoms with Crippen LogP contribution in [0.15, 0.2) is 76.9 Å². The molecule has 2 heterocycles. The summed E-state index contributed by atoms with van der Waals surface area (Å²) in [4.78, 5) is 22.1. The number of hydrogen-bond acceptors (Lipinski definition) is 5. The fourth-order valence-electron chi connectivity index (χ4n) is 4.08. The molecule has 0 unspecified atom stereocenters. The fourth-order valence-corrected chi connectivity index (χ4v) is 4.41. The molecule has 2 aromatic carbocycles. The SMILES string of the molecule is CO[C@H](CO)[C@@H](Cc1ccccn1)NC(=O)c1cccc(F)c1C1=NCC(c2ccc(F)cc2)=C1Cl. The number of carbonyl (C=O) groups excluding carboxylic acids is 1. The average molecular weight is 512 g/mol. The van der Waals surface area contributed by atoms with Crippen LogP contribution in [-0.2, 0) is 11.2 Å². The summed E-state index contributed by atoms with van der Waals surface area (Å²) in [5, 5.41) is 12.8. The predicted molar refractivity (Wildman–Crippen MR) is 134 cm³/mol. The van der Waals surface area contributed by atoms with Crippen LogP contribution in [0.4, 0.5) is 8.78 Å². The van der Waals surface area contributed by atoms with Crippen molar-refractivity contribution in [2.24, 2.45) is 4.99 Å². The van der Waals surface area contributed by atoms with E-state index in [4.69, 9.17) is 16.3 Å². The molecule has 0 aliphatic carbocycles. The summed E-state index contributed by atoms with van der Waals surface area (Å²) in [6.45, 7) is -0.180. The van der Waals surface area contributed by atoms with Gasteiger partial charge in [0.25, 0.3) is 5.91 Å². The highest BCUT2D eigenvalue weighted by molar-refractivity contribution is 6.50. The first-order valence-corrected chi connectivity index (χ1v) is 11.6. The number of nitrogens with one attached hydrogen (secondary N) is 1. The van der Waals surface area contributed by atoms with E-state index in [-0.39, 0.29) is 47.3 Å². The Morgan fingerprint density at radius 1 is 1.14 bits per heavy atom. The van der Waals surface area contributed by atoms with Crippen LogP contribution in [0.3, 0.4) is 0 Å². The van der Waals surface area contributed by atoms with Crippen molar-refractivity contribution in [3.8, 4) is 0 Å². The van der Waals surface area contributed by atoms with Crippen molar-refractivity contribution in [3.05, 3.63) is 106 Å². The lowest BCUT2D eigenvalue weighted by atomic mass is 9.98. The van der Waals surface area contributed by atoms with E-state index in [1.807, 2.05) is 6.07 Å². The Labute approximate surface area is 212 Å². The smallest absolute Gasteiger partial charge is 0.252 e. The molecule has 1 aliphatic heterocycles. The third-order valence-corrected chi connectivity index (χ3v) is 6.37. The summed E-state index contributed by atoms with van der Waals surface area (Å²) in [6, 6.07) is 14.6. The summed E-state index contributed by atoms with van der Waals surface area (Å²) in [5.41, 5.74) is 2.09. The van der Waals surface area contributed by atoms with Crippen LogP contribution in [0.25, 0.3) is 5.57 Å². The molecule has 2 N–H and O–H groups in total. The topological polar surface area (TPSA) is 83.8 Å². The molecule has 2 atom stereocenters. The standard InChI is InChI=1S/C27H24ClF2N3O3/c1-36-23(15-34)22(13-18-5-2-3-12-31-18)33-27(35)19-6-4-7-21(30)24(19)26-25(28)20(14-32-26)16-8-10-17(29)11-9-16/h2-12,22-23,34H,13-15H2,1H3,(H,33,35)/t22-,23-/m1/s1. The molecule has 9 heteroatoms. The zero-order valence-corrected chi connectivity index (χ0v) is 20.2. The van der Waals surface area contributed by atoms with Crippen LogP contribution in [0.2, 0.25) is 0 Å². The highest BCUT2D eigenvalue weighted by Crippen LogP contribution is 2.32. The second-order valence-electron chi connectivity index (χ2n) is 8.19. The Balaban J connectivity index is 1.66. The first kappa shape index (κ1) is 25.6. The number of rotatable bonds is 9. The number of pyridine rings is 1. The number of ether oxygens (including phenoxy) is 1. The molecule has 0 saturated heterocycles. The summed E-state index contributed by atoms with van der Waals surface area (Å²) in [7, 11) is 1.43. The van der Waals surface area contributed by atoms with Crippen molar-refractivity contribution in [1.29, 1.82) is 0 Å². The van der Waals surface area contributed by atoms with Gasteiger partial charge in [0.05, 0.1) is 35.5 Å². The fraction of sp³-hybridized carbons (Fsp3) is 0.222. The molecular weight excluding hydrogens is 488 g/mol. The Bertz CT molecular complexity index is 1290. The van der Waals surface area contributed by atoms with Crippen molar-refractivity contribution in [3.63, 3.8) is 0 Å². The van der Waals surface area contributed by atoms with Crippen LogP contribution in [-0.4, -0.2) is 54.1 Å². The normalized spacial score (nSPS) is 15.0. The van der Waals surface area contributed by atoms with E-state index < -0.39 is 23.9 Å². The molecule has 4 rings (SSSR count). The second kappa shape index (κ2) is 11.5. The van der Waals surface area contributed by atoms with E-state index >= 15 is 4.39 Å². The predicted octanol–water partition coefficient (Wildman–Crippen LogP) is 4.16. The van der Waals surface area contributed by atoms with Crippen molar-refractivity contribution < 1.29 is 23.4 Å². The lowest BCUT2D eigenvalue weighted by Gasteiger charge is -2.26. The van der Waals surface area contributed by atoms with Gasteiger partial charge in [-0.15, -0.1) is 0 Å². The minimum absolute atomic E-state index is 0.0334. The number of amides is 1. The zero-order chi connectivity index (χ0) is 25.7. The lowest BCUT2D eigenvalue weighted by molar-refractivity contribution is 0.0214. The number of hydrogen-bond donors (Lipinski definition) is 2. The molecule has 0 spiro atoms. The van der Waals surface area contributed by atoms with Gasteiger partial charge in [0.1, 0.15) is 17.7 Å². The van der Waals surface area contributed by atoms with Gasteiger partial charge < -0.3 is 15.2 Å². The van der Waals surface area contributed by atoms with Crippen LogP contribution in [0.5, 0.6) is 0 Å². The number of aliphatic imine (C=N–C) groups is 1. The zero-order valence-electron chi connectivity index (χ0n) is 19.4. The average Bonchev–Trinajstić information content (AvgIpc) is 3.26. The number of aliphatic hydroxyl groups is 1. The molecular formula is C27H24ClF2N3O3. The molecule has 0 bridgehead atoms. The second-order valence-corrected chi connectivity index (χ2v) is 8.57. The van der Waals surface area contributed by atoms with Gasteiger partial charge in [-0.2, -0.15) is 0 Å². The highest BCUT2D eigenvalue weighted by atomic mass is 35.5. The molecule has 1 amide bonds. The van der Waals surface area contributed by atoms with Gasteiger partial charge >= 0.3 is 0 Å². The molecule has 36 heavy (non-hydrogen) atoms. The number of aromatic nitrogens is 1. The maximum absolute atomic E-state index is 15.1. The largest absolute Gasteiger partial charge is 0.394 e. The molecule has 0 radical (unpaired) electrons. The quantitative estimate of drug-likeness (QED) is 0.452. The molecule has 1 aromatic heterocycles. The summed E-state index contributed by atoms with van der Waals surface area (Å²) < 4.78 is 33.9. The van der Waals surface area contributed by atoms with Crippen LogP contribution < -0.4 is 5.32 Å². The van der Waals surface area contributed by atoms with Crippen LogP contribution >= 0.6 is 11.6 Å². The van der Waals surface area contributed by atoms with Gasteiger partial charge in [0.2, 0.25) is 0 Å².